The van der Waals surface area contributed by atoms with Crippen molar-refractivity contribution in [2.45, 2.75) is 50.5 Å². The second-order valence-corrected chi connectivity index (χ2v) is 11.5. The van der Waals surface area contributed by atoms with Crippen molar-refractivity contribution in [3.63, 3.8) is 0 Å². The van der Waals surface area contributed by atoms with E-state index in [9.17, 15) is 23.3 Å². The summed E-state index contributed by atoms with van der Waals surface area (Å²) in [7, 11) is -3.81. The average Bonchev–Trinajstić information content (AvgIpc) is 3.21. The molecule has 2 aliphatic heterocycles. The van der Waals surface area contributed by atoms with E-state index in [1.165, 1.54) is 22.9 Å². The lowest BCUT2D eigenvalue weighted by Gasteiger charge is -2.40. The van der Waals surface area contributed by atoms with E-state index in [2.05, 4.69) is 13.8 Å². The fourth-order valence-corrected chi connectivity index (χ4v) is 7.11. The predicted molar refractivity (Wildman–Crippen MR) is 122 cm³/mol. The van der Waals surface area contributed by atoms with Crippen molar-refractivity contribution >= 4 is 21.8 Å². The second kappa shape index (κ2) is 9.43. The number of carbonyl (C=O) groups excluding carboxylic acids is 2. The minimum Gasteiger partial charge on any atom is -0.340 e. The summed E-state index contributed by atoms with van der Waals surface area (Å²) in [5, 5.41) is 9.27. The predicted octanol–water partition coefficient (Wildman–Crippen LogP) is 2.06. The first-order valence-corrected chi connectivity index (χ1v) is 13.3. The summed E-state index contributed by atoms with van der Waals surface area (Å²) < 4.78 is 27.4. The van der Waals surface area contributed by atoms with Crippen molar-refractivity contribution in [1.29, 1.82) is 5.26 Å². The van der Waals surface area contributed by atoms with Gasteiger partial charge in [-0.3, -0.25) is 9.59 Å². The number of rotatable bonds is 4. The molecule has 178 valence electrons. The maximum Gasteiger partial charge on any atom is 0.244 e. The van der Waals surface area contributed by atoms with Gasteiger partial charge in [-0.2, -0.15) is 9.57 Å². The molecule has 4 atom stereocenters. The zero-order valence-electron chi connectivity index (χ0n) is 19.3. The van der Waals surface area contributed by atoms with E-state index in [1.54, 1.807) is 17.0 Å². The monoisotopic (exact) mass is 472 g/mol. The number of likely N-dealkylation sites (tertiary alicyclic amines) is 1. The van der Waals surface area contributed by atoms with E-state index < -0.39 is 10.0 Å². The van der Waals surface area contributed by atoms with Gasteiger partial charge in [-0.15, -0.1) is 0 Å². The van der Waals surface area contributed by atoms with Crippen LogP contribution in [0.5, 0.6) is 0 Å². The molecule has 1 aromatic carbocycles. The van der Waals surface area contributed by atoms with Gasteiger partial charge >= 0.3 is 0 Å². The number of amides is 2. The highest BCUT2D eigenvalue weighted by atomic mass is 32.2. The maximum absolute atomic E-state index is 13.2. The zero-order chi connectivity index (χ0) is 23.8. The van der Waals surface area contributed by atoms with E-state index in [0.717, 1.165) is 12.8 Å². The fraction of sp³-hybridized carbons (Fsp3) is 0.625. The molecule has 2 heterocycles. The van der Waals surface area contributed by atoms with E-state index in [-0.39, 0.29) is 66.8 Å². The van der Waals surface area contributed by atoms with Gasteiger partial charge in [0.15, 0.2) is 0 Å². The minimum absolute atomic E-state index is 0.000128. The largest absolute Gasteiger partial charge is 0.340 e. The minimum atomic E-state index is -3.81. The Morgan fingerprint density at radius 2 is 1.79 bits per heavy atom. The molecule has 2 saturated heterocycles. The lowest BCUT2D eigenvalue weighted by Crippen LogP contribution is -2.52. The van der Waals surface area contributed by atoms with Gasteiger partial charge in [0.25, 0.3) is 0 Å². The van der Waals surface area contributed by atoms with Crippen molar-refractivity contribution in [3.8, 4) is 6.07 Å². The molecule has 3 aliphatic rings. The second-order valence-electron chi connectivity index (χ2n) is 9.62. The molecular weight excluding hydrogens is 440 g/mol. The number of benzene rings is 1. The molecule has 9 heteroatoms. The standard InChI is InChI=1S/C24H32N4O4S/c1-17-6-5-8-21(18(17)2)28-16-20(14-23(28)29)24(30)26-10-12-27(13-11-26)33(31,32)22-9-4-3-7-19(22)15-25/h3-4,7,9,17-18,20-21H,5-6,8,10-14,16H2,1-2H3. The van der Waals surface area contributed by atoms with Crippen LogP contribution in [-0.4, -0.2) is 73.1 Å². The van der Waals surface area contributed by atoms with Crippen LogP contribution in [0.3, 0.4) is 0 Å². The molecule has 1 saturated carbocycles. The molecule has 4 rings (SSSR count). The SMILES string of the molecule is CC1CCCC(N2CC(C(=O)N3CCN(S(=O)(=O)c4ccccc4C#N)CC3)CC2=O)C1C. The number of sulfonamides is 1. The van der Waals surface area contributed by atoms with Gasteiger partial charge in [0.2, 0.25) is 21.8 Å². The highest BCUT2D eigenvalue weighted by molar-refractivity contribution is 7.89. The Morgan fingerprint density at radius 3 is 2.48 bits per heavy atom. The first-order valence-electron chi connectivity index (χ1n) is 11.8. The van der Waals surface area contributed by atoms with Crippen LogP contribution in [0, 0.1) is 29.1 Å². The summed E-state index contributed by atoms with van der Waals surface area (Å²) in [6, 6.07) is 8.32. The van der Waals surface area contributed by atoms with Crippen molar-refractivity contribution in [2.75, 3.05) is 32.7 Å². The van der Waals surface area contributed by atoms with Crippen LogP contribution in [0.15, 0.2) is 29.2 Å². The fourth-order valence-electron chi connectivity index (χ4n) is 5.54. The van der Waals surface area contributed by atoms with Crippen molar-refractivity contribution < 1.29 is 18.0 Å². The summed E-state index contributed by atoms with van der Waals surface area (Å²) >= 11 is 0. The van der Waals surface area contributed by atoms with Crippen molar-refractivity contribution in [2.24, 2.45) is 17.8 Å². The van der Waals surface area contributed by atoms with E-state index in [1.807, 2.05) is 11.0 Å². The third kappa shape index (κ3) is 4.51. The van der Waals surface area contributed by atoms with Crippen LogP contribution in [0.2, 0.25) is 0 Å². The lowest BCUT2D eigenvalue weighted by molar-refractivity contribution is -0.137. The van der Waals surface area contributed by atoms with Crippen LogP contribution >= 0.6 is 0 Å². The van der Waals surface area contributed by atoms with Gasteiger partial charge in [-0.1, -0.05) is 38.8 Å². The summed E-state index contributed by atoms with van der Waals surface area (Å²) in [5.74, 6) is 0.656. The Labute approximate surface area is 196 Å². The highest BCUT2D eigenvalue weighted by Gasteiger charge is 2.43. The number of piperazine rings is 1. The number of nitriles is 1. The van der Waals surface area contributed by atoms with Gasteiger partial charge in [-0.05, 0) is 30.4 Å². The first kappa shape index (κ1) is 23.7. The van der Waals surface area contributed by atoms with Gasteiger partial charge in [-0.25, -0.2) is 8.42 Å². The van der Waals surface area contributed by atoms with E-state index in [4.69, 9.17) is 0 Å². The molecule has 8 nitrogen and oxygen atoms in total. The molecule has 2 amide bonds. The van der Waals surface area contributed by atoms with Crippen LogP contribution in [0.25, 0.3) is 0 Å². The Balaban J connectivity index is 1.38. The van der Waals surface area contributed by atoms with Crippen molar-refractivity contribution in [1.82, 2.24) is 14.1 Å². The Hall–Kier alpha value is -2.44. The third-order valence-corrected chi connectivity index (χ3v) is 9.70. The number of hydrogen-bond acceptors (Lipinski definition) is 5. The molecule has 0 aromatic heterocycles. The molecule has 0 radical (unpaired) electrons. The van der Waals surface area contributed by atoms with Gasteiger partial charge in [0.1, 0.15) is 6.07 Å². The molecule has 3 fully saturated rings. The Morgan fingerprint density at radius 1 is 1.09 bits per heavy atom. The van der Waals surface area contributed by atoms with Crippen LogP contribution in [0.4, 0.5) is 0 Å². The molecule has 0 N–H and O–H groups in total. The number of carbonyl (C=O) groups is 2. The highest BCUT2D eigenvalue weighted by Crippen LogP contribution is 2.36. The summed E-state index contributed by atoms with van der Waals surface area (Å²) in [6.45, 7) is 5.84. The van der Waals surface area contributed by atoms with Gasteiger partial charge in [0.05, 0.1) is 16.4 Å². The molecule has 0 bridgehead atoms. The Kier molecular flexibility index (Phi) is 6.78. The first-order chi connectivity index (χ1) is 15.7. The van der Waals surface area contributed by atoms with E-state index >= 15 is 0 Å². The number of nitrogens with zero attached hydrogens (tertiary/aromatic N) is 4. The van der Waals surface area contributed by atoms with Crippen molar-refractivity contribution in [3.05, 3.63) is 29.8 Å². The van der Waals surface area contributed by atoms with Crippen LogP contribution in [0.1, 0.15) is 45.1 Å². The molecule has 33 heavy (non-hydrogen) atoms. The zero-order valence-corrected chi connectivity index (χ0v) is 20.1. The topological polar surface area (TPSA) is 102 Å². The third-order valence-electron chi connectivity index (χ3n) is 7.75. The molecule has 1 aromatic rings. The van der Waals surface area contributed by atoms with E-state index in [0.29, 0.717) is 18.4 Å². The summed E-state index contributed by atoms with van der Waals surface area (Å²) in [5.41, 5.74) is 0.117. The molecule has 4 unspecified atom stereocenters. The summed E-state index contributed by atoms with van der Waals surface area (Å²) in [6.07, 6.45) is 3.54. The smallest absolute Gasteiger partial charge is 0.244 e. The number of hydrogen-bond donors (Lipinski definition) is 0. The molecule has 0 spiro atoms. The lowest BCUT2D eigenvalue weighted by atomic mass is 9.77. The van der Waals surface area contributed by atoms with Gasteiger partial charge < -0.3 is 9.80 Å². The summed E-state index contributed by atoms with van der Waals surface area (Å²) in [4.78, 5) is 29.6. The van der Waals surface area contributed by atoms with Gasteiger partial charge in [0, 0.05) is 45.2 Å². The normalized spacial score (nSPS) is 29.2. The van der Waals surface area contributed by atoms with Crippen LogP contribution in [-0.2, 0) is 19.6 Å². The Bertz CT molecular complexity index is 1060. The quantitative estimate of drug-likeness (QED) is 0.668. The maximum atomic E-state index is 13.2. The molecule has 1 aliphatic carbocycles. The average molecular weight is 473 g/mol. The molecular formula is C24H32N4O4S. The van der Waals surface area contributed by atoms with Crippen LogP contribution < -0.4 is 0 Å².